The number of carboxylic acid groups (broad SMARTS) is 1. The Morgan fingerprint density at radius 3 is 2.18 bits per heavy atom. The van der Waals surface area contributed by atoms with Gasteiger partial charge in [0.2, 0.25) is 0 Å². The van der Waals surface area contributed by atoms with E-state index in [-0.39, 0.29) is 34.9 Å². The summed E-state index contributed by atoms with van der Waals surface area (Å²) in [7, 11) is -4.15. The monoisotopic (exact) mass is 700 g/mol. The van der Waals surface area contributed by atoms with Gasteiger partial charge in [-0.3, -0.25) is 9.59 Å². The number of nitrogens with zero attached hydrogens (tertiary/aromatic N) is 4. The molecule has 5 rings (SSSR count). The highest BCUT2D eigenvalue weighted by molar-refractivity contribution is 7.89. The number of aliphatic carboxylic acids is 1. The third kappa shape index (κ3) is 9.37. The molecule has 2 aromatic heterocycles. The highest BCUT2D eigenvalue weighted by Crippen LogP contribution is 2.48. The van der Waals surface area contributed by atoms with Crippen molar-refractivity contribution in [2.45, 2.75) is 69.4 Å². The summed E-state index contributed by atoms with van der Waals surface area (Å²) in [6.45, 7) is 4.65. The van der Waals surface area contributed by atoms with E-state index in [2.05, 4.69) is 9.97 Å². The van der Waals surface area contributed by atoms with Gasteiger partial charge in [-0.25, -0.2) is 28.1 Å². The van der Waals surface area contributed by atoms with Crippen LogP contribution in [0, 0.1) is 0 Å². The Kier molecular flexibility index (Phi) is 11.1. The van der Waals surface area contributed by atoms with E-state index in [1.165, 1.54) is 28.7 Å². The largest absolute Gasteiger partial charge is 0.480 e. The van der Waals surface area contributed by atoms with Gasteiger partial charge in [0.05, 0.1) is 25.5 Å². The Hall–Kier alpha value is -4.98. The molecule has 0 bridgehead atoms. The number of hydrogen-bond donors (Lipinski definition) is 1. The van der Waals surface area contributed by atoms with Crippen molar-refractivity contribution in [1.29, 1.82) is 0 Å². The number of benzene rings is 2. The van der Waals surface area contributed by atoms with Crippen molar-refractivity contribution in [3.05, 3.63) is 125 Å². The first kappa shape index (κ1) is 36.3. The van der Waals surface area contributed by atoms with Gasteiger partial charge >= 0.3 is 12.1 Å². The molecule has 1 aliphatic carbocycles. The average Bonchev–Trinajstić information content (AvgIpc) is 3.88. The van der Waals surface area contributed by atoms with Crippen LogP contribution in [0.2, 0.25) is 0 Å². The van der Waals surface area contributed by atoms with Gasteiger partial charge in [0, 0.05) is 18.2 Å². The number of hydrogen-bond acceptors (Lipinski definition) is 9. The Bertz CT molecular complexity index is 1910. The minimum absolute atomic E-state index is 0.0282. The molecule has 1 N–H and O–H groups in total. The molecule has 0 unspecified atom stereocenters. The van der Waals surface area contributed by atoms with Crippen LogP contribution in [0.15, 0.2) is 102 Å². The van der Waals surface area contributed by atoms with Gasteiger partial charge in [-0.1, -0.05) is 66.7 Å². The van der Waals surface area contributed by atoms with E-state index in [0.717, 1.165) is 29.5 Å². The number of amides is 2. The Morgan fingerprint density at radius 1 is 0.860 bits per heavy atom. The van der Waals surface area contributed by atoms with Gasteiger partial charge in [0.1, 0.15) is 17.8 Å². The molecule has 2 heterocycles. The van der Waals surface area contributed by atoms with Crippen molar-refractivity contribution < 1.29 is 37.4 Å². The second-order valence-electron chi connectivity index (χ2n) is 13.2. The van der Waals surface area contributed by atoms with E-state index in [0.29, 0.717) is 18.1 Å². The average molecular weight is 701 g/mol. The van der Waals surface area contributed by atoms with Crippen molar-refractivity contribution in [3.8, 4) is 0 Å². The summed E-state index contributed by atoms with van der Waals surface area (Å²) in [4.78, 5) is 46.5. The lowest BCUT2D eigenvalue weighted by Gasteiger charge is -2.25. The molecule has 2 amide bonds. The van der Waals surface area contributed by atoms with E-state index in [1.54, 1.807) is 39.0 Å². The molecule has 12 nitrogen and oxygen atoms in total. The van der Waals surface area contributed by atoms with Gasteiger partial charge in [0.25, 0.3) is 15.9 Å². The van der Waals surface area contributed by atoms with Crippen LogP contribution in [0.4, 0.5) is 4.79 Å². The van der Waals surface area contributed by atoms with Crippen LogP contribution in [0.3, 0.4) is 0 Å². The quantitative estimate of drug-likeness (QED) is 0.176. The summed E-state index contributed by atoms with van der Waals surface area (Å²) in [5.41, 5.74) is 1.83. The predicted molar refractivity (Wildman–Crippen MR) is 183 cm³/mol. The van der Waals surface area contributed by atoms with Crippen LogP contribution in [-0.2, 0) is 49.4 Å². The maximum absolute atomic E-state index is 13.9. The van der Waals surface area contributed by atoms with Crippen molar-refractivity contribution in [2.75, 3.05) is 13.2 Å². The Labute approximate surface area is 291 Å². The normalized spacial score (nSPS) is 13.8. The number of carbonyl (C=O) groups excluding carboxylic acids is 2. The second kappa shape index (κ2) is 15.3. The molecule has 13 heteroatoms. The SMILES string of the molecule is CC(C)(C)OC(=O)N(CC(=O)O)C(=O)c1cccc(CN(Cc2ccc(C3(COCc4ccccc4)CC3)cc2)S(=O)(=O)c2ccccn2)n1. The van der Waals surface area contributed by atoms with Crippen LogP contribution >= 0.6 is 0 Å². The number of ether oxygens (including phenoxy) is 2. The molecule has 0 atom stereocenters. The number of sulfonamides is 1. The molecule has 1 saturated carbocycles. The summed E-state index contributed by atoms with van der Waals surface area (Å²) in [5.74, 6) is -2.42. The molecule has 1 aliphatic rings. The first-order valence-electron chi connectivity index (χ1n) is 16.1. The first-order valence-corrected chi connectivity index (χ1v) is 17.5. The molecule has 0 aliphatic heterocycles. The minimum atomic E-state index is -4.15. The van der Waals surface area contributed by atoms with Crippen LogP contribution in [0.25, 0.3) is 0 Å². The fourth-order valence-electron chi connectivity index (χ4n) is 5.31. The fourth-order valence-corrected chi connectivity index (χ4v) is 6.64. The lowest BCUT2D eigenvalue weighted by Crippen LogP contribution is -2.44. The maximum Gasteiger partial charge on any atom is 0.417 e. The molecule has 1 fully saturated rings. The maximum atomic E-state index is 13.9. The Morgan fingerprint density at radius 2 is 1.56 bits per heavy atom. The topological polar surface area (TPSA) is 156 Å². The molecule has 0 saturated heterocycles. The zero-order valence-electron chi connectivity index (χ0n) is 28.2. The van der Waals surface area contributed by atoms with E-state index in [4.69, 9.17) is 9.47 Å². The first-order chi connectivity index (χ1) is 23.8. The molecule has 0 radical (unpaired) electrons. The minimum Gasteiger partial charge on any atom is -0.480 e. The fraction of sp³-hybridized carbons (Fsp3) is 0.324. The molecule has 50 heavy (non-hydrogen) atoms. The van der Waals surface area contributed by atoms with E-state index in [1.807, 2.05) is 54.6 Å². The predicted octanol–water partition coefficient (Wildman–Crippen LogP) is 5.58. The number of imide groups is 1. The molecule has 262 valence electrons. The number of carbonyl (C=O) groups is 3. The molecule has 0 spiro atoms. The molecular weight excluding hydrogens is 660 g/mol. The zero-order chi connectivity index (χ0) is 35.9. The van der Waals surface area contributed by atoms with Gasteiger partial charge in [-0.05, 0) is 74.6 Å². The number of aromatic nitrogens is 2. The zero-order valence-corrected chi connectivity index (χ0v) is 29.0. The summed E-state index contributed by atoms with van der Waals surface area (Å²) in [6.07, 6.45) is 2.25. The van der Waals surface area contributed by atoms with Crippen molar-refractivity contribution in [1.82, 2.24) is 19.2 Å². The van der Waals surface area contributed by atoms with Gasteiger partial charge < -0.3 is 14.6 Å². The van der Waals surface area contributed by atoms with E-state index >= 15 is 0 Å². The van der Waals surface area contributed by atoms with Gasteiger partial charge in [-0.15, -0.1) is 0 Å². The summed E-state index contributed by atoms with van der Waals surface area (Å²) >= 11 is 0. The van der Waals surface area contributed by atoms with Crippen molar-refractivity contribution >= 4 is 28.0 Å². The van der Waals surface area contributed by atoms with Crippen LogP contribution < -0.4 is 0 Å². The smallest absolute Gasteiger partial charge is 0.417 e. The highest BCUT2D eigenvalue weighted by Gasteiger charge is 2.44. The standard InChI is InChI=1S/C37H40N4O8S/c1-36(2,3)49-35(45)41(24-33(42)43)34(44)31-13-9-12-30(39-31)23-40(50(46,47)32-14-7-8-21-38-32)22-27-15-17-29(18-16-27)37(19-20-37)26-48-25-28-10-5-4-6-11-28/h4-18,21H,19-20,22-26H2,1-3H3,(H,42,43). The van der Waals surface area contributed by atoms with Crippen molar-refractivity contribution in [3.63, 3.8) is 0 Å². The lowest BCUT2D eigenvalue weighted by molar-refractivity contribution is -0.137. The van der Waals surface area contributed by atoms with E-state index in [9.17, 15) is 27.9 Å². The summed E-state index contributed by atoms with van der Waals surface area (Å²) < 4.78 is 40.3. The summed E-state index contributed by atoms with van der Waals surface area (Å²) in [6, 6.07) is 26.7. The third-order valence-electron chi connectivity index (χ3n) is 8.03. The third-order valence-corrected chi connectivity index (χ3v) is 9.74. The Balaban J connectivity index is 1.36. The molecule has 2 aromatic carbocycles. The van der Waals surface area contributed by atoms with Gasteiger partial charge in [-0.2, -0.15) is 4.31 Å². The number of carboxylic acids is 1. The van der Waals surface area contributed by atoms with Crippen molar-refractivity contribution in [2.24, 2.45) is 0 Å². The number of rotatable bonds is 14. The van der Waals surface area contributed by atoms with E-state index < -0.39 is 40.1 Å². The highest BCUT2D eigenvalue weighted by atomic mass is 32.2. The lowest BCUT2D eigenvalue weighted by atomic mass is 9.96. The second-order valence-corrected chi connectivity index (χ2v) is 15.1. The molecular formula is C37H40N4O8S. The number of pyridine rings is 2. The summed E-state index contributed by atoms with van der Waals surface area (Å²) in [5, 5.41) is 9.22. The van der Waals surface area contributed by atoms with Crippen LogP contribution in [-0.4, -0.2) is 69.4 Å². The molecule has 4 aromatic rings. The van der Waals surface area contributed by atoms with Gasteiger partial charge in [0.15, 0.2) is 5.03 Å². The van der Waals surface area contributed by atoms with Crippen LogP contribution in [0.5, 0.6) is 0 Å². The van der Waals surface area contributed by atoms with Crippen LogP contribution in [0.1, 0.15) is 66.5 Å².